The van der Waals surface area contributed by atoms with Gasteiger partial charge in [0, 0.05) is 16.7 Å². The van der Waals surface area contributed by atoms with Gasteiger partial charge in [-0.15, -0.1) is 0 Å². The van der Waals surface area contributed by atoms with Crippen LogP contribution in [0.1, 0.15) is 44.7 Å². The molecule has 0 bridgehead atoms. The summed E-state index contributed by atoms with van der Waals surface area (Å²) in [5, 5.41) is 0. The standard InChI is InChI=1S/C24H25N/c1-17(2)15-22-21(18(3)4)16-23(19-11-7-5-8-12-19)25-24(22)20-13-9-6-10-14-20/h5-16,18H,1-4H3. The Morgan fingerprint density at radius 2 is 1.40 bits per heavy atom. The molecule has 0 aliphatic heterocycles. The van der Waals surface area contributed by atoms with E-state index in [-0.39, 0.29) is 0 Å². The molecule has 1 aromatic heterocycles. The minimum atomic E-state index is 0.429. The number of hydrogen-bond donors (Lipinski definition) is 0. The van der Waals surface area contributed by atoms with Crippen molar-refractivity contribution < 1.29 is 0 Å². The Morgan fingerprint density at radius 1 is 0.840 bits per heavy atom. The third kappa shape index (κ3) is 3.88. The van der Waals surface area contributed by atoms with Gasteiger partial charge in [0.05, 0.1) is 11.4 Å². The minimum Gasteiger partial charge on any atom is -0.247 e. The second kappa shape index (κ2) is 7.48. The lowest BCUT2D eigenvalue weighted by atomic mass is 9.91. The summed E-state index contributed by atoms with van der Waals surface area (Å²) >= 11 is 0. The smallest absolute Gasteiger partial charge is 0.0784 e. The molecule has 1 heteroatoms. The van der Waals surface area contributed by atoms with E-state index in [0.717, 1.165) is 22.5 Å². The van der Waals surface area contributed by atoms with Gasteiger partial charge in [0.25, 0.3) is 0 Å². The number of rotatable bonds is 4. The van der Waals surface area contributed by atoms with Gasteiger partial charge in [0.1, 0.15) is 0 Å². The highest BCUT2D eigenvalue weighted by atomic mass is 14.7. The first kappa shape index (κ1) is 17.2. The summed E-state index contributed by atoms with van der Waals surface area (Å²) < 4.78 is 0. The average molecular weight is 327 g/mol. The van der Waals surface area contributed by atoms with Crippen LogP contribution in [0.4, 0.5) is 0 Å². The fraction of sp³-hybridized carbons (Fsp3) is 0.208. The maximum atomic E-state index is 5.06. The second-order valence-electron chi connectivity index (χ2n) is 6.97. The van der Waals surface area contributed by atoms with Crippen LogP contribution in [0.2, 0.25) is 0 Å². The Bertz CT molecular complexity index is 871. The Kier molecular flexibility index (Phi) is 5.14. The first-order chi connectivity index (χ1) is 12.1. The van der Waals surface area contributed by atoms with E-state index in [2.05, 4.69) is 94.4 Å². The van der Waals surface area contributed by atoms with Crippen LogP contribution in [0.25, 0.3) is 28.6 Å². The molecule has 1 heterocycles. The van der Waals surface area contributed by atoms with Gasteiger partial charge in [-0.05, 0) is 31.4 Å². The van der Waals surface area contributed by atoms with Crippen LogP contribution < -0.4 is 0 Å². The van der Waals surface area contributed by atoms with Gasteiger partial charge in [-0.3, -0.25) is 0 Å². The van der Waals surface area contributed by atoms with Crippen molar-refractivity contribution in [3.8, 4) is 22.5 Å². The van der Waals surface area contributed by atoms with Crippen molar-refractivity contribution in [3.05, 3.63) is 83.4 Å². The first-order valence-electron chi connectivity index (χ1n) is 8.87. The third-order valence-electron chi connectivity index (χ3n) is 4.26. The maximum absolute atomic E-state index is 5.06. The lowest BCUT2D eigenvalue weighted by Gasteiger charge is -2.17. The summed E-state index contributed by atoms with van der Waals surface area (Å²) in [6, 6.07) is 23.2. The summed E-state index contributed by atoms with van der Waals surface area (Å²) in [4.78, 5) is 5.06. The van der Waals surface area contributed by atoms with E-state index in [1.165, 1.54) is 16.7 Å². The zero-order chi connectivity index (χ0) is 17.8. The summed E-state index contributed by atoms with van der Waals surface area (Å²) in [6.07, 6.45) is 2.26. The van der Waals surface area contributed by atoms with E-state index in [1.54, 1.807) is 0 Å². The molecule has 0 unspecified atom stereocenters. The van der Waals surface area contributed by atoms with Gasteiger partial charge in [-0.25, -0.2) is 4.98 Å². The number of allylic oxidation sites excluding steroid dienone is 1. The molecule has 1 nitrogen and oxygen atoms in total. The number of nitrogens with zero attached hydrogens (tertiary/aromatic N) is 1. The molecular weight excluding hydrogens is 302 g/mol. The van der Waals surface area contributed by atoms with Crippen molar-refractivity contribution in [1.82, 2.24) is 4.98 Å². The molecule has 0 radical (unpaired) electrons. The quantitative estimate of drug-likeness (QED) is 0.504. The molecule has 0 spiro atoms. The molecule has 0 aliphatic rings. The van der Waals surface area contributed by atoms with Gasteiger partial charge >= 0.3 is 0 Å². The molecule has 0 atom stereocenters. The SMILES string of the molecule is CC(C)=Cc1c(C(C)C)cc(-c2ccccc2)nc1-c1ccccc1. The van der Waals surface area contributed by atoms with E-state index < -0.39 is 0 Å². The number of pyridine rings is 1. The zero-order valence-electron chi connectivity index (χ0n) is 15.5. The van der Waals surface area contributed by atoms with E-state index in [0.29, 0.717) is 5.92 Å². The summed E-state index contributed by atoms with van der Waals surface area (Å²) in [7, 11) is 0. The largest absolute Gasteiger partial charge is 0.247 e. The molecular formula is C24H25N. The molecule has 0 amide bonds. The second-order valence-corrected chi connectivity index (χ2v) is 6.97. The van der Waals surface area contributed by atoms with Crippen molar-refractivity contribution in [2.75, 3.05) is 0 Å². The highest BCUT2D eigenvalue weighted by Gasteiger charge is 2.15. The Labute approximate surface area is 151 Å². The lowest BCUT2D eigenvalue weighted by Crippen LogP contribution is -2.00. The molecule has 3 aromatic rings. The summed E-state index contributed by atoms with van der Waals surface area (Å²) in [5.41, 5.74) is 8.28. The fourth-order valence-corrected chi connectivity index (χ4v) is 3.07. The highest BCUT2D eigenvalue weighted by molar-refractivity contribution is 5.78. The van der Waals surface area contributed by atoms with E-state index in [4.69, 9.17) is 4.98 Å². The fourth-order valence-electron chi connectivity index (χ4n) is 3.07. The van der Waals surface area contributed by atoms with Gasteiger partial charge < -0.3 is 0 Å². The first-order valence-corrected chi connectivity index (χ1v) is 8.87. The van der Waals surface area contributed by atoms with Gasteiger partial charge in [0.2, 0.25) is 0 Å². The third-order valence-corrected chi connectivity index (χ3v) is 4.26. The molecule has 126 valence electrons. The van der Waals surface area contributed by atoms with Gasteiger partial charge in [-0.1, -0.05) is 86.2 Å². The molecule has 0 N–H and O–H groups in total. The average Bonchev–Trinajstić information content (AvgIpc) is 2.62. The van der Waals surface area contributed by atoms with Crippen LogP contribution in [0.15, 0.2) is 72.3 Å². The Hall–Kier alpha value is -2.67. The van der Waals surface area contributed by atoms with Crippen molar-refractivity contribution in [1.29, 1.82) is 0 Å². The predicted octanol–water partition coefficient (Wildman–Crippen LogP) is 6.96. The van der Waals surface area contributed by atoms with E-state index in [1.807, 2.05) is 6.07 Å². The molecule has 25 heavy (non-hydrogen) atoms. The van der Waals surface area contributed by atoms with Crippen LogP contribution in [-0.2, 0) is 0 Å². The van der Waals surface area contributed by atoms with Gasteiger partial charge in [0.15, 0.2) is 0 Å². The van der Waals surface area contributed by atoms with Crippen LogP contribution >= 0.6 is 0 Å². The molecule has 0 aliphatic carbocycles. The predicted molar refractivity (Wildman–Crippen MR) is 109 cm³/mol. The van der Waals surface area contributed by atoms with E-state index >= 15 is 0 Å². The minimum absolute atomic E-state index is 0.429. The molecule has 2 aromatic carbocycles. The Morgan fingerprint density at radius 3 is 1.92 bits per heavy atom. The van der Waals surface area contributed by atoms with Crippen LogP contribution in [0.5, 0.6) is 0 Å². The Balaban J connectivity index is 2.32. The van der Waals surface area contributed by atoms with Crippen molar-refractivity contribution in [2.45, 2.75) is 33.6 Å². The van der Waals surface area contributed by atoms with Gasteiger partial charge in [-0.2, -0.15) is 0 Å². The van der Waals surface area contributed by atoms with Crippen molar-refractivity contribution in [2.24, 2.45) is 0 Å². The monoisotopic (exact) mass is 327 g/mol. The van der Waals surface area contributed by atoms with Crippen LogP contribution in [0, 0.1) is 0 Å². The number of hydrogen-bond acceptors (Lipinski definition) is 1. The lowest BCUT2D eigenvalue weighted by molar-refractivity contribution is 0.861. The number of aromatic nitrogens is 1. The van der Waals surface area contributed by atoms with E-state index in [9.17, 15) is 0 Å². The highest BCUT2D eigenvalue weighted by Crippen LogP contribution is 2.34. The zero-order valence-corrected chi connectivity index (χ0v) is 15.5. The number of benzene rings is 2. The molecule has 0 saturated carbocycles. The van der Waals surface area contributed by atoms with Crippen LogP contribution in [0.3, 0.4) is 0 Å². The summed E-state index contributed by atoms with van der Waals surface area (Å²) in [5.74, 6) is 0.429. The van der Waals surface area contributed by atoms with Crippen molar-refractivity contribution in [3.63, 3.8) is 0 Å². The molecule has 0 fully saturated rings. The van der Waals surface area contributed by atoms with Crippen LogP contribution in [-0.4, -0.2) is 4.98 Å². The normalized spacial score (nSPS) is 10.8. The van der Waals surface area contributed by atoms with Crippen molar-refractivity contribution >= 4 is 6.08 Å². The topological polar surface area (TPSA) is 12.9 Å². The maximum Gasteiger partial charge on any atom is 0.0784 e. The molecule has 0 saturated heterocycles. The molecule has 3 rings (SSSR count). The summed E-state index contributed by atoms with van der Waals surface area (Å²) in [6.45, 7) is 8.79.